The van der Waals surface area contributed by atoms with Crippen LogP contribution >= 0.6 is 0 Å². The summed E-state index contributed by atoms with van der Waals surface area (Å²) in [6.07, 6.45) is 8.46. The standard InChI is InChI=1S/C13H20O3/c1-5-6-10-9-13(2,16-4)8-7-11(10)12(14)15-3/h1,10-11H,6-9H2,2-4H3/t10-,11-,13+/m1/s1. The molecule has 0 radical (unpaired) electrons. The minimum Gasteiger partial charge on any atom is -0.469 e. The van der Waals surface area contributed by atoms with Gasteiger partial charge in [-0.15, -0.1) is 12.3 Å². The summed E-state index contributed by atoms with van der Waals surface area (Å²) in [4.78, 5) is 11.6. The van der Waals surface area contributed by atoms with Crippen molar-refractivity contribution in [1.82, 2.24) is 0 Å². The second kappa shape index (κ2) is 5.36. The van der Waals surface area contributed by atoms with Crippen LogP contribution in [0, 0.1) is 24.2 Å². The second-order valence-corrected chi connectivity index (χ2v) is 4.69. The highest BCUT2D eigenvalue weighted by molar-refractivity contribution is 5.72. The van der Waals surface area contributed by atoms with E-state index in [4.69, 9.17) is 15.9 Å². The van der Waals surface area contributed by atoms with Crippen LogP contribution in [0.5, 0.6) is 0 Å². The number of rotatable bonds is 3. The molecule has 0 unspecified atom stereocenters. The Bertz CT molecular complexity index is 292. The molecule has 16 heavy (non-hydrogen) atoms. The number of esters is 1. The number of hydrogen-bond donors (Lipinski definition) is 0. The van der Waals surface area contributed by atoms with Crippen LogP contribution in [0.15, 0.2) is 0 Å². The predicted octanol–water partition coefficient (Wildman–Crippen LogP) is 2.00. The highest BCUT2D eigenvalue weighted by atomic mass is 16.5. The van der Waals surface area contributed by atoms with E-state index in [1.807, 2.05) is 0 Å². The van der Waals surface area contributed by atoms with Gasteiger partial charge >= 0.3 is 5.97 Å². The van der Waals surface area contributed by atoms with Gasteiger partial charge in [0.15, 0.2) is 0 Å². The Labute approximate surface area is 97.5 Å². The van der Waals surface area contributed by atoms with Crippen molar-refractivity contribution < 1.29 is 14.3 Å². The first-order valence-electron chi connectivity index (χ1n) is 5.62. The summed E-state index contributed by atoms with van der Waals surface area (Å²) < 4.78 is 10.3. The van der Waals surface area contributed by atoms with Crippen molar-refractivity contribution >= 4 is 5.97 Å². The van der Waals surface area contributed by atoms with Crippen LogP contribution in [0.4, 0.5) is 0 Å². The molecule has 0 bridgehead atoms. The fraction of sp³-hybridized carbons (Fsp3) is 0.769. The van der Waals surface area contributed by atoms with Gasteiger partial charge < -0.3 is 9.47 Å². The van der Waals surface area contributed by atoms with Crippen LogP contribution in [-0.4, -0.2) is 25.8 Å². The lowest BCUT2D eigenvalue weighted by atomic mass is 9.71. The van der Waals surface area contributed by atoms with Crippen molar-refractivity contribution in [1.29, 1.82) is 0 Å². The highest BCUT2D eigenvalue weighted by Crippen LogP contribution is 2.40. The van der Waals surface area contributed by atoms with Crippen molar-refractivity contribution in [2.45, 2.75) is 38.2 Å². The van der Waals surface area contributed by atoms with E-state index in [-0.39, 0.29) is 23.4 Å². The summed E-state index contributed by atoms with van der Waals surface area (Å²) >= 11 is 0. The topological polar surface area (TPSA) is 35.5 Å². The molecule has 1 saturated carbocycles. The van der Waals surface area contributed by atoms with Gasteiger partial charge in [0.1, 0.15) is 0 Å². The second-order valence-electron chi connectivity index (χ2n) is 4.69. The van der Waals surface area contributed by atoms with Crippen LogP contribution in [0.25, 0.3) is 0 Å². The molecule has 1 aliphatic rings. The molecule has 0 amide bonds. The first kappa shape index (κ1) is 13.1. The molecule has 3 nitrogen and oxygen atoms in total. The molecule has 0 spiro atoms. The zero-order valence-corrected chi connectivity index (χ0v) is 10.3. The Balaban J connectivity index is 2.75. The Morgan fingerprint density at radius 3 is 2.75 bits per heavy atom. The van der Waals surface area contributed by atoms with Crippen molar-refractivity contribution in [3.63, 3.8) is 0 Å². The average molecular weight is 224 g/mol. The van der Waals surface area contributed by atoms with Gasteiger partial charge in [0.2, 0.25) is 0 Å². The third-order valence-electron chi connectivity index (χ3n) is 3.62. The minimum atomic E-state index is -0.147. The summed E-state index contributed by atoms with van der Waals surface area (Å²) in [5.74, 6) is 2.62. The maximum absolute atomic E-state index is 11.6. The molecular formula is C13H20O3. The van der Waals surface area contributed by atoms with Crippen LogP contribution < -0.4 is 0 Å². The highest BCUT2D eigenvalue weighted by Gasteiger charge is 2.40. The van der Waals surface area contributed by atoms with Gasteiger partial charge in [-0.25, -0.2) is 0 Å². The fourth-order valence-corrected chi connectivity index (χ4v) is 2.51. The molecule has 0 saturated heterocycles. The van der Waals surface area contributed by atoms with Gasteiger partial charge in [0, 0.05) is 13.5 Å². The number of ether oxygens (including phenoxy) is 2. The first-order chi connectivity index (χ1) is 7.56. The van der Waals surface area contributed by atoms with Crippen molar-refractivity contribution in [2.24, 2.45) is 11.8 Å². The lowest BCUT2D eigenvalue weighted by molar-refractivity contribution is -0.152. The molecule has 1 fully saturated rings. The summed E-state index contributed by atoms with van der Waals surface area (Å²) in [7, 11) is 3.14. The van der Waals surface area contributed by atoms with Crippen molar-refractivity contribution in [3.8, 4) is 12.3 Å². The molecular weight excluding hydrogens is 204 g/mol. The van der Waals surface area contributed by atoms with Gasteiger partial charge in [-0.3, -0.25) is 4.79 Å². The Morgan fingerprint density at radius 1 is 1.56 bits per heavy atom. The van der Waals surface area contributed by atoms with E-state index in [0.29, 0.717) is 6.42 Å². The number of terminal acetylenes is 1. The number of methoxy groups -OCH3 is 2. The lowest BCUT2D eigenvalue weighted by Gasteiger charge is -2.40. The minimum absolute atomic E-state index is 0.0655. The molecule has 90 valence electrons. The molecule has 0 heterocycles. The number of carbonyl (C=O) groups is 1. The van der Waals surface area contributed by atoms with E-state index in [0.717, 1.165) is 19.3 Å². The smallest absolute Gasteiger partial charge is 0.308 e. The molecule has 1 rings (SSSR count). The van der Waals surface area contributed by atoms with Crippen LogP contribution in [-0.2, 0) is 14.3 Å². The van der Waals surface area contributed by atoms with E-state index < -0.39 is 0 Å². The van der Waals surface area contributed by atoms with E-state index in [9.17, 15) is 4.79 Å². The largest absolute Gasteiger partial charge is 0.469 e. The van der Waals surface area contributed by atoms with E-state index >= 15 is 0 Å². The summed E-state index contributed by atoms with van der Waals surface area (Å²) in [6, 6.07) is 0. The zero-order valence-electron chi connectivity index (χ0n) is 10.3. The van der Waals surface area contributed by atoms with Gasteiger partial charge in [-0.1, -0.05) is 0 Å². The summed E-state index contributed by atoms with van der Waals surface area (Å²) in [6.45, 7) is 2.07. The van der Waals surface area contributed by atoms with E-state index in [1.54, 1.807) is 7.11 Å². The molecule has 3 heteroatoms. The van der Waals surface area contributed by atoms with Crippen molar-refractivity contribution in [2.75, 3.05) is 14.2 Å². The molecule has 0 aromatic heterocycles. The SMILES string of the molecule is C#CC[C@@H]1C[C@@](C)(OC)CC[C@H]1C(=O)OC. The van der Waals surface area contributed by atoms with E-state index in [1.165, 1.54) is 7.11 Å². The fourth-order valence-electron chi connectivity index (χ4n) is 2.51. The van der Waals surface area contributed by atoms with Crippen molar-refractivity contribution in [3.05, 3.63) is 0 Å². The Morgan fingerprint density at radius 2 is 2.25 bits per heavy atom. The molecule has 0 aromatic rings. The van der Waals surface area contributed by atoms with Gasteiger partial charge in [-0.2, -0.15) is 0 Å². The normalized spacial score (nSPS) is 34.1. The first-order valence-corrected chi connectivity index (χ1v) is 5.62. The van der Waals surface area contributed by atoms with Gasteiger partial charge in [0.25, 0.3) is 0 Å². The maximum Gasteiger partial charge on any atom is 0.308 e. The maximum atomic E-state index is 11.6. The Kier molecular flexibility index (Phi) is 4.37. The third-order valence-corrected chi connectivity index (χ3v) is 3.62. The van der Waals surface area contributed by atoms with Gasteiger partial charge in [0.05, 0.1) is 18.6 Å². The number of carbonyl (C=O) groups excluding carboxylic acids is 1. The van der Waals surface area contributed by atoms with Gasteiger partial charge in [-0.05, 0) is 32.1 Å². The van der Waals surface area contributed by atoms with E-state index in [2.05, 4.69) is 12.8 Å². The van der Waals surface area contributed by atoms with Crippen LogP contribution in [0.3, 0.4) is 0 Å². The third kappa shape index (κ3) is 2.76. The molecule has 1 aliphatic carbocycles. The summed E-state index contributed by atoms with van der Waals surface area (Å²) in [5, 5.41) is 0. The lowest BCUT2D eigenvalue weighted by Crippen LogP contribution is -2.41. The molecule has 0 aliphatic heterocycles. The molecule has 0 aromatic carbocycles. The predicted molar refractivity (Wildman–Crippen MR) is 61.7 cm³/mol. The van der Waals surface area contributed by atoms with Crippen LogP contribution in [0.1, 0.15) is 32.6 Å². The van der Waals surface area contributed by atoms with Crippen LogP contribution in [0.2, 0.25) is 0 Å². The summed E-state index contributed by atoms with van der Waals surface area (Å²) in [5.41, 5.74) is -0.147. The quantitative estimate of drug-likeness (QED) is 0.543. The number of hydrogen-bond acceptors (Lipinski definition) is 3. The monoisotopic (exact) mass is 224 g/mol. The molecule has 3 atom stereocenters. The average Bonchev–Trinajstić information content (AvgIpc) is 2.29. The zero-order chi connectivity index (χ0) is 12.2. The Hall–Kier alpha value is -1.01. The molecule has 0 N–H and O–H groups in total.